The van der Waals surface area contributed by atoms with Crippen LogP contribution in [0.5, 0.6) is 0 Å². The van der Waals surface area contributed by atoms with Crippen molar-refractivity contribution in [3.8, 4) is 0 Å². The second-order valence-electron chi connectivity index (χ2n) is 6.01. The van der Waals surface area contributed by atoms with E-state index >= 15 is 0 Å². The molecule has 20 heavy (non-hydrogen) atoms. The number of halogens is 1. The Bertz CT molecular complexity index is 466. The fourth-order valence-corrected chi connectivity index (χ4v) is 4.61. The molecule has 110 valence electrons. The van der Waals surface area contributed by atoms with Crippen molar-refractivity contribution in [2.75, 3.05) is 19.4 Å². The maximum Gasteiger partial charge on any atom is 0.143 e. The summed E-state index contributed by atoms with van der Waals surface area (Å²) in [6.45, 7) is 2.17. The van der Waals surface area contributed by atoms with Gasteiger partial charge >= 0.3 is 0 Å². The standard InChI is InChI=1S/C15H23IN4/c1-4-12-13(16)15(17-2)19-14(18-12)9-7-10-5-6-11(8-9)20(10)3/h9-11H,4-8H2,1-3H3,(H,17,18,19). The predicted octanol–water partition coefficient (Wildman–Crippen LogP) is 3.03. The number of anilines is 1. The number of hydrogen-bond acceptors (Lipinski definition) is 4. The maximum atomic E-state index is 4.87. The number of nitrogens with zero attached hydrogens (tertiary/aromatic N) is 3. The van der Waals surface area contributed by atoms with Gasteiger partial charge in [-0.15, -0.1) is 0 Å². The predicted molar refractivity (Wildman–Crippen MR) is 90.2 cm³/mol. The summed E-state index contributed by atoms with van der Waals surface area (Å²) in [7, 11) is 4.23. The van der Waals surface area contributed by atoms with Crippen molar-refractivity contribution in [3.05, 3.63) is 15.1 Å². The third kappa shape index (κ3) is 2.43. The van der Waals surface area contributed by atoms with E-state index in [2.05, 4.69) is 46.8 Å². The number of hydrogen-bond donors (Lipinski definition) is 1. The normalized spacial score (nSPS) is 29.7. The highest BCUT2D eigenvalue weighted by Crippen LogP contribution is 2.41. The van der Waals surface area contributed by atoms with Crippen molar-refractivity contribution in [3.63, 3.8) is 0 Å². The van der Waals surface area contributed by atoms with Crippen LogP contribution < -0.4 is 5.32 Å². The summed E-state index contributed by atoms with van der Waals surface area (Å²) >= 11 is 2.36. The molecular weight excluding hydrogens is 363 g/mol. The van der Waals surface area contributed by atoms with Crippen molar-refractivity contribution in [1.29, 1.82) is 0 Å². The SMILES string of the molecule is CCc1nc(C2CC3CCC(C2)N3C)nc(NC)c1I. The van der Waals surface area contributed by atoms with E-state index in [0.717, 1.165) is 30.1 Å². The lowest BCUT2D eigenvalue weighted by atomic mass is 9.90. The van der Waals surface area contributed by atoms with Crippen molar-refractivity contribution in [1.82, 2.24) is 14.9 Å². The largest absolute Gasteiger partial charge is 0.372 e. The Morgan fingerprint density at radius 3 is 2.45 bits per heavy atom. The van der Waals surface area contributed by atoms with Gasteiger partial charge in [0.1, 0.15) is 11.6 Å². The van der Waals surface area contributed by atoms with Crippen LogP contribution >= 0.6 is 22.6 Å². The van der Waals surface area contributed by atoms with Crippen LogP contribution in [0.3, 0.4) is 0 Å². The molecule has 2 unspecified atom stereocenters. The zero-order chi connectivity index (χ0) is 14.3. The Hall–Kier alpha value is -0.430. The van der Waals surface area contributed by atoms with Crippen LogP contribution in [0.2, 0.25) is 0 Å². The Morgan fingerprint density at radius 1 is 1.25 bits per heavy atom. The molecule has 0 radical (unpaired) electrons. The van der Waals surface area contributed by atoms with Crippen molar-refractivity contribution in [2.24, 2.45) is 0 Å². The summed E-state index contributed by atoms with van der Waals surface area (Å²) in [5.41, 5.74) is 1.19. The molecule has 0 aliphatic carbocycles. The molecule has 2 fully saturated rings. The Kier molecular flexibility index (Phi) is 4.17. The lowest BCUT2D eigenvalue weighted by molar-refractivity contribution is 0.159. The average molecular weight is 386 g/mol. The van der Waals surface area contributed by atoms with Crippen LogP contribution in [0.25, 0.3) is 0 Å². The van der Waals surface area contributed by atoms with Gasteiger partial charge in [-0.05, 0) is 61.7 Å². The average Bonchev–Trinajstić information content (AvgIpc) is 2.68. The minimum absolute atomic E-state index is 0.540. The summed E-state index contributed by atoms with van der Waals surface area (Å²) in [5, 5.41) is 3.23. The summed E-state index contributed by atoms with van der Waals surface area (Å²) in [5.74, 6) is 2.61. The van der Waals surface area contributed by atoms with Crippen LogP contribution in [-0.4, -0.2) is 41.0 Å². The molecule has 0 amide bonds. The third-order valence-corrected chi connectivity index (χ3v) is 6.11. The molecule has 4 nitrogen and oxygen atoms in total. The highest BCUT2D eigenvalue weighted by Gasteiger charge is 2.40. The van der Waals surface area contributed by atoms with E-state index in [-0.39, 0.29) is 0 Å². The molecule has 0 saturated carbocycles. The molecule has 2 aliphatic rings. The van der Waals surface area contributed by atoms with Crippen LogP contribution in [0, 0.1) is 3.57 Å². The molecule has 1 aromatic heterocycles. The lowest BCUT2D eigenvalue weighted by Gasteiger charge is -2.35. The highest BCUT2D eigenvalue weighted by molar-refractivity contribution is 14.1. The van der Waals surface area contributed by atoms with Gasteiger partial charge in [-0.25, -0.2) is 9.97 Å². The second-order valence-corrected chi connectivity index (χ2v) is 7.09. The van der Waals surface area contributed by atoms with E-state index in [4.69, 9.17) is 9.97 Å². The Balaban J connectivity index is 1.91. The molecule has 5 heteroatoms. The number of nitrogens with one attached hydrogen (secondary N) is 1. The topological polar surface area (TPSA) is 41.1 Å². The van der Waals surface area contributed by atoms with Crippen LogP contribution in [-0.2, 0) is 6.42 Å². The van der Waals surface area contributed by atoms with Crippen molar-refractivity contribution in [2.45, 2.75) is 57.0 Å². The third-order valence-electron chi connectivity index (χ3n) is 4.97. The van der Waals surface area contributed by atoms with E-state index < -0.39 is 0 Å². The van der Waals surface area contributed by atoms with E-state index in [1.54, 1.807) is 0 Å². The first kappa shape index (κ1) is 14.5. The Morgan fingerprint density at radius 2 is 1.90 bits per heavy atom. The van der Waals surface area contributed by atoms with Crippen molar-refractivity contribution >= 4 is 28.4 Å². The molecular formula is C15H23IN4. The van der Waals surface area contributed by atoms with Crippen LogP contribution in [0.4, 0.5) is 5.82 Å². The molecule has 3 rings (SSSR count). The van der Waals surface area contributed by atoms with Gasteiger partial charge in [0.2, 0.25) is 0 Å². The van der Waals surface area contributed by atoms with Gasteiger partial charge < -0.3 is 10.2 Å². The molecule has 2 atom stereocenters. The monoisotopic (exact) mass is 386 g/mol. The molecule has 0 aromatic carbocycles. The van der Waals surface area contributed by atoms with E-state index in [1.807, 2.05) is 7.05 Å². The quantitative estimate of drug-likeness (QED) is 0.811. The van der Waals surface area contributed by atoms with E-state index in [0.29, 0.717) is 5.92 Å². The van der Waals surface area contributed by atoms with Crippen LogP contribution in [0.15, 0.2) is 0 Å². The van der Waals surface area contributed by atoms with Gasteiger partial charge in [0.25, 0.3) is 0 Å². The first-order valence-corrected chi connectivity index (χ1v) is 8.67. The summed E-state index contributed by atoms with van der Waals surface area (Å²) in [4.78, 5) is 12.2. The zero-order valence-corrected chi connectivity index (χ0v) is 14.6. The molecule has 3 heterocycles. The van der Waals surface area contributed by atoms with Gasteiger partial charge in [0.15, 0.2) is 0 Å². The smallest absolute Gasteiger partial charge is 0.143 e. The first-order valence-electron chi connectivity index (χ1n) is 7.60. The zero-order valence-electron chi connectivity index (χ0n) is 12.5. The van der Waals surface area contributed by atoms with Crippen LogP contribution in [0.1, 0.15) is 50.0 Å². The van der Waals surface area contributed by atoms with Gasteiger partial charge in [0.05, 0.1) is 9.26 Å². The lowest BCUT2D eigenvalue weighted by Crippen LogP contribution is -2.39. The fourth-order valence-electron chi connectivity index (χ4n) is 3.72. The Labute approximate surface area is 134 Å². The summed E-state index contributed by atoms with van der Waals surface area (Å²) < 4.78 is 1.17. The molecule has 1 N–H and O–H groups in total. The fraction of sp³-hybridized carbons (Fsp3) is 0.733. The highest BCUT2D eigenvalue weighted by atomic mass is 127. The molecule has 2 saturated heterocycles. The number of aryl methyl sites for hydroxylation is 1. The summed E-state index contributed by atoms with van der Waals surface area (Å²) in [6, 6.07) is 1.48. The van der Waals surface area contributed by atoms with Gasteiger partial charge in [-0.3, -0.25) is 0 Å². The number of aromatic nitrogens is 2. The molecule has 2 aliphatic heterocycles. The first-order chi connectivity index (χ1) is 9.63. The maximum absolute atomic E-state index is 4.87. The molecule has 2 bridgehead atoms. The van der Waals surface area contributed by atoms with Gasteiger partial charge in [-0.2, -0.15) is 0 Å². The number of fused-ring (bicyclic) bond motifs is 2. The molecule has 1 aromatic rings. The summed E-state index contributed by atoms with van der Waals surface area (Å²) in [6.07, 6.45) is 6.12. The van der Waals surface area contributed by atoms with Gasteiger partial charge in [0, 0.05) is 25.0 Å². The minimum Gasteiger partial charge on any atom is -0.372 e. The van der Waals surface area contributed by atoms with Crippen molar-refractivity contribution < 1.29 is 0 Å². The number of rotatable bonds is 3. The minimum atomic E-state index is 0.540. The van der Waals surface area contributed by atoms with E-state index in [9.17, 15) is 0 Å². The number of piperidine rings is 1. The van der Waals surface area contributed by atoms with E-state index in [1.165, 1.54) is 34.9 Å². The van der Waals surface area contributed by atoms with Gasteiger partial charge in [-0.1, -0.05) is 6.92 Å². The molecule has 0 spiro atoms. The second kappa shape index (κ2) is 5.75.